The van der Waals surface area contributed by atoms with E-state index in [4.69, 9.17) is 25.5 Å². The highest BCUT2D eigenvalue weighted by atomic mass is 32.1. The van der Waals surface area contributed by atoms with Crippen LogP contribution in [-0.2, 0) is 13.3 Å². The number of hydrogen-bond donors (Lipinski definition) is 2. The van der Waals surface area contributed by atoms with Crippen molar-refractivity contribution in [2.75, 3.05) is 25.1 Å². The Morgan fingerprint density at radius 3 is 2.19 bits per heavy atom. The third-order valence-corrected chi connectivity index (χ3v) is 6.60. The second kappa shape index (κ2) is 9.21. The molecule has 1 aromatic rings. The average molecular weight is 333 g/mol. The van der Waals surface area contributed by atoms with Gasteiger partial charge in [0.1, 0.15) is 4.51 Å². The van der Waals surface area contributed by atoms with Crippen molar-refractivity contribution in [1.82, 2.24) is 15.4 Å². The molecule has 0 spiro atoms. The van der Waals surface area contributed by atoms with E-state index in [1.54, 1.807) is 6.20 Å². The van der Waals surface area contributed by atoms with Crippen molar-refractivity contribution >= 4 is 26.8 Å². The Bertz CT molecular complexity index is 457. The van der Waals surface area contributed by atoms with Crippen LogP contribution in [0.15, 0.2) is 6.20 Å². The highest BCUT2D eigenvalue weighted by Gasteiger charge is 2.49. The van der Waals surface area contributed by atoms with Gasteiger partial charge in [0.25, 0.3) is 0 Å². The summed E-state index contributed by atoms with van der Waals surface area (Å²) in [5.74, 6) is 0.558. The molecule has 0 aliphatic heterocycles. The minimum atomic E-state index is -2.86. The lowest BCUT2D eigenvalue weighted by atomic mass is 10.4. The molecule has 1 heterocycles. The highest BCUT2D eigenvalue weighted by molar-refractivity contribution is 7.71. The van der Waals surface area contributed by atoms with Gasteiger partial charge in [-0.3, -0.25) is 0 Å². The maximum atomic E-state index is 5.92. The first-order valence-electron chi connectivity index (χ1n) is 7.21. The van der Waals surface area contributed by atoms with Crippen molar-refractivity contribution in [2.24, 2.45) is 0 Å². The lowest BCUT2D eigenvalue weighted by Crippen LogP contribution is -2.59. The van der Waals surface area contributed by atoms with Gasteiger partial charge in [0.2, 0.25) is 0 Å². The van der Waals surface area contributed by atoms with E-state index in [0.717, 1.165) is 6.42 Å². The molecule has 0 saturated heterocycles. The van der Waals surface area contributed by atoms with E-state index in [2.05, 4.69) is 20.7 Å². The molecular formula is C12H24N4O3SSi. The number of nitrogens with zero attached hydrogens (tertiary/aromatic N) is 2. The first-order chi connectivity index (χ1) is 10.1. The molecule has 7 nitrogen and oxygen atoms in total. The number of hydrogen-bond acceptors (Lipinski definition) is 7. The first-order valence-corrected chi connectivity index (χ1v) is 9.42. The van der Waals surface area contributed by atoms with Crippen LogP contribution in [0.1, 0.15) is 34.1 Å². The Morgan fingerprint density at radius 1 is 1.19 bits per heavy atom. The van der Waals surface area contributed by atoms with Crippen LogP contribution in [-0.4, -0.2) is 49.7 Å². The van der Waals surface area contributed by atoms with Crippen LogP contribution in [0.25, 0.3) is 0 Å². The van der Waals surface area contributed by atoms with E-state index in [1.807, 2.05) is 27.7 Å². The summed E-state index contributed by atoms with van der Waals surface area (Å²) < 4.78 is 18.3. The second-order valence-electron chi connectivity index (χ2n) is 4.19. The van der Waals surface area contributed by atoms with Gasteiger partial charge < -0.3 is 18.6 Å². The van der Waals surface area contributed by atoms with Crippen LogP contribution in [0, 0.1) is 4.51 Å². The van der Waals surface area contributed by atoms with Crippen molar-refractivity contribution in [3.8, 4) is 0 Å². The monoisotopic (exact) mass is 332 g/mol. The van der Waals surface area contributed by atoms with Crippen LogP contribution in [0.3, 0.4) is 0 Å². The zero-order valence-electron chi connectivity index (χ0n) is 13.0. The molecule has 9 heteroatoms. The highest BCUT2D eigenvalue weighted by Crippen LogP contribution is 2.21. The summed E-state index contributed by atoms with van der Waals surface area (Å²) in [6, 6.07) is 0. The van der Waals surface area contributed by atoms with E-state index in [0.29, 0.717) is 30.1 Å². The number of aromatic amines is 1. The molecule has 1 aromatic heterocycles. The van der Waals surface area contributed by atoms with Crippen molar-refractivity contribution in [3.05, 3.63) is 10.7 Å². The third kappa shape index (κ3) is 4.82. The van der Waals surface area contributed by atoms with Crippen molar-refractivity contribution < 1.29 is 13.3 Å². The maximum Gasteiger partial charge on any atom is 0.524 e. The van der Waals surface area contributed by atoms with Gasteiger partial charge in [0, 0.05) is 19.8 Å². The normalized spacial score (nSPS) is 13.1. The summed E-state index contributed by atoms with van der Waals surface area (Å²) in [6.45, 7) is 9.43. The summed E-state index contributed by atoms with van der Waals surface area (Å²) in [5, 5.41) is 13.7. The minimum Gasteiger partial charge on any atom is -0.373 e. The van der Waals surface area contributed by atoms with E-state index >= 15 is 0 Å². The molecule has 0 amide bonds. The van der Waals surface area contributed by atoms with Gasteiger partial charge in [-0.05, 0) is 27.2 Å². The Morgan fingerprint density at radius 2 is 1.76 bits per heavy atom. The lowest BCUT2D eigenvalue weighted by molar-refractivity contribution is 0.0639. The quantitative estimate of drug-likeness (QED) is 0.502. The number of aromatic nitrogens is 3. The van der Waals surface area contributed by atoms with Crippen molar-refractivity contribution in [2.45, 2.75) is 39.8 Å². The zero-order chi connectivity index (χ0) is 15.7. The van der Waals surface area contributed by atoms with Gasteiger partial charge in [-0.15, -0.1) is 5.10 Å². The van der Waals surface area contributed by atoms with E-state index in [9.17, 15) is 0 Å². The Kier molecular flexibility index (Phi) is 7.97. The van der Waals surface area contributed by atoms with Crippen LogP contribution in [0.5, 0.6) is 0 Å². The number of anilines is 1. The molecule has 0 fully saturated rings. The number of nitrogens with one attached hydrogen (secondary N) is 2. The standard InChI is InChI=1S/C12H24N4O3SSi/c1-5-11(14-12-10(20)9-13-16-15-12)21(17-6-2,18-7-3)19-8-4/h9,11H,5-8H2,1-4H3,(H,16,20)(H,13,14,15). The zero-order valence-corrected chi connectivity index (χ0v) is 14.8. The Labute approximate surface area is 131 Å². The van der Waals surface area contributed by atoms with Crippen LogP contribution >= 0.6 is 12.2 Å². The Balaban J connectivity index is 3.05. The second-order valence-corrected chi connectivity index (χ2v) is 7.40. The molecule has 0 bridgehead atoms. The van der Waals surface area contributed by atoms with Crippen LogP contribution < -0.4 is 5.32 Å². The smallest absolute Gasteiger partial charge is 0.373 e. The van der Waals surface area contributed by atoms with Gasteiger partial charge >= 0.3 is 8.80 Å². The maximum absolute atomic E-state index is 5.92. The number of H-pyrrole nitrogens is 1. The SMILES string of the molecule is CCO[Si](OCC)(OCC)C(CC)Nc1n[nH]ncc1=S. The van der Waals surface area contributed by atoms with Gasteiger partial charge in [0.15, 0.2) is 5.82 Å². The largest absolute Gasteiger partial charge is 0.524 e. The number of rotatable bonds is 10. The predicted molar refractivity (Wildman–Crippen MR) is 85.6 cm³/mol. The van der Waals surface area contributed by atoms with Crippen molar-refractivity contribution in [1.29, 1.82) is 0 Å². The fourth-order valence-electron chi connectivity index (χ4n) is 2.02. The van der Waals surface area contributed by atoms with E-state index < -0.39 is 8.80 Å². The molecule has 0 aromatic carbocycles. The van der Waals surface area contributed by atoms with Crippen LogP contribution in [0.4, 0.5) is 5.82 Å². The fourth-order valence-corrected chi connectivity index (χ4v) is 5.05. The average Bonchev–Trinajstić information content (AvgIpc) is 2.47. The third-order valence-electron chi connectivity index (χ3n) is 2.82. The summed E-state index contributed by atoms with van der Waals surface area (Å²) >= 11 is 5.22. The van der Waals surface area contributed by atoms with Gasteiger partial charge in [0.05, 0.1) is 11.9 Å². The predicted octanol–water partition coefficient (Wildman–Crippen LogP) is 2.31. The molecule has 0 aliphatic carbocycles. The summed E-state index contributed by atoms with van der Waals surface area (Å²) in [7, 11) is -2.86. The molecule has 0 aliphatic rings. The minimum absolute atomic E-state index is 0.123. The topological polar surface area (TPSA) is 81.3 Å². The molecule has 1 rings (SSSR count). The Hall–Kier alpha value is -0.873. The van der Waals surface area contributed by atoms with Crippen molar-refractivity contribution in [3.63, 3.8) is 0 Å². The van der Waals surface area contributed by atoms with E-state index in [1.165, 1.54) is 0 Å². The molecular weight excluding hydrogens is 308 g/mol. The van der Waals surface area contributed by atoms with Gasteiger partial charge in [-0.1, -0.05) is 19.1 Å². The molecule has 21 heavy (non-hydrogen) atoms. The lowest BCUT2D eigenvalue weighted by Gasteiger charge is -2.35. The first kappa shape index (κ1) is 18.2. The molecule has 2 N–H and O–H groups in total. The molecule has 0 radical (unpaired) electrons. The fraction of sp³-hybridized carbons (Fsp3) is 0.750. The summed E-state index contributed by atoms with van der Waals surface area (Å²) in [4.78, 5) is 0. The summed E-state index contributed by atoms with van der Waals surface area (Å²) in [6.07, 6.45) is 2.31. The van der Waals surface area contributed by atoms with Crippen LogP contribution in [0.2, 0.25) is 0 Å². The summed E-state index contributed by atoms with van der Waals surface area (Å²) in [5.41, 5.74) is -0.123. The molecule has 1 atom stereocenters. The van der Waals surface area contributed by atoms with Gasteiger partial charge in [-0.2, -0.15) is 10.3 Å². The molecule has 0 saturated carbocycles. The van der Waals surface area contributed by atoms with E-state index in [-0.39, 0.29) is 5.67 Å². The molecule has 120 valence electrons. The molecule has 1 unspecified atom stereocenters. The van der Waals surface area contributed by atoms with Gasteiger partial charge in [-0.25, -0.2) is 0 Å².